The van der Waals surface area contributed by atoms with E-state index in [-0.39, 0.29) is 0 Å². The molecule has 0 aliphatic rings. The Morgan fingerprint density at radius 1 is 1.00 bits per heavy atom. The number of benzene rings is 2. The molecule has 2 heteroatoms. The van der Waals surface area contributed by atoms with Gasteiger partial charge in [0.15, 0.2) is 0 Å². The first-order valence-electron chi connectivity index (χ1n) is 5.22. The van der Waals surface area contributed by atoms with Crippen LogP contribution in [0.15, 0.2) is 53.4 Å². The molecule has 0 radical (unpaired) electrons. The normalized spacial score (nSPS) is 10.1. The van der Waals surface area contributed by atoms with Crippen LogP contribution in [0.1, 0.15) is 11.1 Å². The fourth-order valence-electron chi connectivity index (χ4n) is 1.51. The van der Waals surface area contributed by atoms with Gasteiger partial charge in [-0.2, -0.15) is 0 Å². The van der Waals surface area contributed by atoms with Crippen LogP contribution in [0.3, 0.4) is 0 Å². The Kier molecular flexibility index (Phi) is 3.52. The predicted octanol–water partition coefficient (Wildman–Crippen LogP) is 3.86. The molecule has 2 aromatic carbocycles. The van der Waals surface area contributed by atoms with Crippen molar-refractivity contribution < 1.29 is 4.74 Å². The number of hydrogen-bond acceptors (Lipinski definition) is 2. The molecule has 0 aliphatic carbocycles. The van der Waals surface area contributed by atoms with E-state index in [1.807, 2.05) is 36.4 Å². The van der Waals surface area contributed by atoms with Crippen molar-refractivity contribution in [2.45, 2.75) is 18.4 Å². The highest BCUT2D eigenvalue weighted by Crippen LogP contribution is 2.22. The van der Waals surface area contributed by atoms with Gasteiger partial charge in [-0.3, -0.25) is 0 Å². The van der Waals surface area contributed by atoms with Gasteiger partial charge < -0.3 is 4.74 Å². The zero-order valence-electron chi connectivity index (χ0n) is 9.18. The highest BCUT2D eigenvalue weighted by Gasteiger charge is 2.01. The van der Waals surface area contributed by atoms with Gasteiger partial charge in [0, 0.05) is 4.90 Å². The molecule has 16 heavy (non-hydrogen) atoms. The average molecular weight is 230 g/mol. The summed E-state index contributed by atoms with van der Waals surface area (Å²) in [4.78, 5) is 0.871. The summed E-state index contributed by atoms with van der Waals surface area (Å²) < 4.78 is 5.73. The van der Waals surface area contributed by atoms with E-state index < -0.39 is 0 Å². The summed E-state index contributed by atoms with van der Waals surface area (Å²) in [5.41, 5.74) is 2.46. The predicted molar refractivity (Wildman–Crippen MR) is 69.2 cm³/mol. The molecule has 0 bridgehead atoms. The number of rotatable bonds is 3. The Balaban J connectivity index is 2.09. The molecule has 0 unspecified atom stereocenters. The van der Waals surface area contributed by atoms with Crippen LogP contribution in [0.2, 0.25) is 0 Å². The third kappa shape index (κ3) is 2.58. The summed E-state index contributed by atoms with van der Waals surface area (Å²) >= 11 is 4.35. The van der Waals surface area contributed by atoms with Gasteiger partial charge in [0.2, 0.25) is 0 Å². The fraction of sp³-hybridized carbons (Fsp3) is 0.143. The van der Waals surface area contributed by atoms with Gasteiger partial charge in [0.1, 0.15) is 12.4 Å². The van der Waals surface area contributed by atoms with Crippen LogP contribution in [0.25, 0.3) is 0 Å². The third-order valence-electron chi connectivity index (χ3n) is 2.51. The van der Waals surface area contributed by atoms with Crippen LogP contribution in [0.4, 0.5) is 0 Å². The van der Waals surface area contributed by atoms with Crippen molar-refractivity contribution in [3.8, 4) is 5.75 Å². The molecule has 0 aromatic heterocycles. The Hall–Kier alpha value is -1.41. The maximum absolute atomic E-state index is 5.73. The molecule has 0 atom stereocenters. The van der Waals surface area contributed by atoms with E-state index in [1.165, 1.54) is 11.1 Å². The standard InChI is InChI=1S/C14H14OS/c1-11-6-2-3-7-12(11)10-15-13-8-4-5-9-14(13)16/h2-9,16H,10H2,1H3. The minimum Gasteiger partial charge on any atom is -0.488 e. The lowest BCUT2D eigenvalue weighted by Gasteiger charge is -2.09. The Morgan fingerprint density at radius 2 is 1.69 bits per heavy atom. The van der Waals surface area contributed by atoms with E-state index in [4.69, 9.17) is 4.74 Å². The van der Waals surface area contributed by atoms with Gasteiger partial charge in [-0.1, -0.05) is 36.4 Å². The Morgan fingerprint density at radius 3 is 2.44 bits per heavy atom. The van der Waals surface area contributed by atoms with Crippen LogP contribution < -0.4 is 4.74 Å². The van der Waals surface area contributed by atoms with Crippen molar-refractivity contribution in [2.75, 3.05) is 0 Å². The SMILES string of the molecule is Cc1ccccc1COc1ccccc1S. The first-order valence-corrected chi connectivity index (χ1v) is 5.67. The first-order chi connectivity index (χ1) is 7.77. The summed E-state index contributed by atoms with van der Waals surface area (Å²) in [6.07, 6.45) is 0. The van der Waals surface area contributed by atoms with Crippen LogP contribution in [0, 0.1) is 6.92 Å². The van der Waals surface area contributed by atoms with Crippen LogP contribution in [-0.2, 0) is 6.61 Å². The zero-order chi connectivity index (χ0) is 11.4. The first kappa shape index (κ1) is 11.1. The second kappa shape index (κ2) is 5.08. The molecule has 2 aromatic rings. The summed E-state index contributed by atoms with van der Waals surface area (Å²) in [5, 5.41) is 0. The van der Waals surface area contributed by atoms with E-state index in [2.05, 4.69) is 31.7 Å². The minimum absolute atomic E-state index is 0.588. The number of aryl methyl sites for hydroxylation is 1. The highest BCUT2D eigenvalue weighted by molar-refractivity contribution is 7.80. The largest absolute Gasteiger partial charge is 0.488 e. The molecular weight excluding hydrogens is 216 g/mol. The second-order valence-corrected chi connectivity index (χ2v) is 4.16. The van der Waals surface area contributed by atoms with E-state index >= 15 is 0 Å². The third-order valence-corrected chi connectivity index (χ3v) is 2.88. The maximum Gasteiger partial charge on any atom is 0.133 e. The summed E-state index contributed by atoms with van der Waals surface area (Å²) in [5.74, 6) is 0.828. The van der Waals surface area contributed by atoms with Gasteiger partial charge in [-0.15, -0.1) is 12.6 Å². The quantitative estimate of drug-likeness (QED) is 0.788. The molecule has 0 N–H and O–H groups in total. The average Bonchev–Trinajstić information content (AvgIpc) is 2.30. The molecule has 0 aliphatic heterocycles. The fourth-order valence-corrected chi connectivity index (χ4v) is 1.73. The van der Waals surface area contributed by atoms with Gasteiger partial charge in [0.25, 0.3) is 0 Å². The van der Waals surface area contributed by atoms with E-state index in [0.717, 1.165) is 10.6 Å². The smallest absolute Gasteiger partial charge is 0.133 e. The lowest BCUT2D eigenvalue weighted by atomic mass is 10.1. The van der Waals surface area contributed by atoms with Crippen LogP contribution in [0.5, 0.6) is 5.75 Å². The molecule has 2 rings (SSSR count). The molecule has 82 valence electrons. The van der Waals surface area contributed by atoms with Crippen molar-refractivity contribution in [3.05, 3.63) is 59.7 Å². The number of hydrogen-bond donors (Lipinski definition) is 1. The Labute approximate surface area is 101 Å². The maximum atomic E-state index is 5.73. The lowest BCUT2D eigenvalue weighted by Crippen LogP contribution is -1.97. The van der Waals surface area contributed by atoms with Crippen molar-refractivity contribution in [2.24, 2.45) is 0 Å². The molecule has 0 fully saturated rings. The van der Waals surface area contributed by atoms with Crippen LogP contribution in [-0.4, -0.2) is 0 Å². The molecule has 0 spiro atoms. The Bertz CT molecular complexity index is 434. The van der Waals surface area contributed by atoms with Gasteiger partial charge in [0.05, 0.1) is 0 Å². The topological polar surface area (TPSA) is 9.23 Å². The van der Waals surface area contributed by atoms with Gasteiger partial charge >= 0.3 is 0 Å². The van der Waals surface area contributed by atoms with E-state index in [9.17, 15) is 0 Å². The van der Waals surface area contributed by atoms with Gasteiger partial charge in [-0.05, 0) is 30.2 Å². The highest BCUT2D eigenvalue weighted by atomic mass is 32.1. The molecule has 1 nitrogen and oxygen atoms in total. The van der Waals surface area contributed by atoms with E-state index in [0.29, 0.717) is 6.61 Å². The zero-order valence-corrected chi connectivity index (χ0v) is 10.1. The summed E-state index contributed by atoms with van der Waals surface area (Å²) in [6.45, 7) is 2.68. The van der Waals surface area contributed by atoms with Crippen molar-refractivity contribution >= 4 is 12.6 Å². The summed E-state index contributed by atoms with van der Waals surface area (Å²) in [6, 6.07) is 16.0. The molecule has 0 saturated heterocycles. The minimum atomic E-state index is 0.588. The summed E-state index contributed by atoms with van der Waals surface area (Å²) in [7, 11) is 0. The van der Waals surface area contributed by atoms with Crippen molar-refractivity contribution in [1.82, 2.24) is 0 Å². The van der Waals surface area contributed by atoms with Crippen LogP contribution >= 0.6 is 12.6 Å². The lowest BCUT2D eigenvalue weighted by molar-refractivity contribution is 0.298. The number of thiol groups is 1. The van der Waals surface area contributed by atoms with Crippen molar-refractivity contribution in [1.29, 1.82) is 0 Å². The molecule has 0 saturated carbocycles. The van der Waals surface area contributed by atoms with Gasteiger partial charge in [-0.25, -0.2) is 0 Å². The number of para-hydroxylation sites is 1. The second-order valence-electron chi connectivity index (χ2n) is 3.68. The van der Waals surface area contributed by atoms with E-state index in [1.54, 1.807) is 0 Å². The molecule has 0 heterocycles. The molecule has 0 amide bonds. The number of ether oxygens (including phenoxy) is 1. The van der Waals surface area contributed by atoms with Crippen molar-refractivity contribution in [3.63, 3.8) is 0 Å². The molecular formula is C14H14OS. The monoisotopic (exact) mass is 230 g/mol.